The van der Waals surface area contributed by atoms with Gasteiger partial charge in [0.05, 0.1) is 12.5 Å². The van der Waals surface area contributed by atoms with Crippen LogP contribution >= 0.6 is 0 Å². The van der Waals surface area contributed by atoms with Crippen LogP contribution in [-0.2, 0) is 9.53 Å². The lowest BCUT2D eigenvalue weighted by Gasteiger charge is -2.19. The highest BCUT2D eigenvalue weighted by Gasteiger charge is 2.41. The summed E-state index contributed by atoms with van der Waals surface area (Å²) in [5.74, 6) is -1.08. The van der Waals surface area contributed by atoms with Gasteiger partial charge in [-0.15, -0.1) is 0 Å². The summed E-state index contributed by atoms with van der Waals surface area (Å²) < 4.78 is 5.13. The molecule has 1 aliphatic rings. The molecule has 0 bridgehead atoms. The van der Waals surface area contributed by atoms with E-state index in [1.165, 1.54) is 0 Å². The molecule has 0 saturated heterocycles. The third-order valence-corrected chi connectivity index (χ3v) is 3.92. The fourth-order valence-electron chi connectivity index (χ4n) is 2.80. The van der Waals surface area contributed by atoms with Crippen molar-refractivity contribution in [2.45, 2.75) is 18.9 Å². The van der Waals surface area contributed by atoms with Gasteiger partial charge in [0.1, 0.15) is 5.71 Å². The molecule has 1 N–H and O–H groups in total. The summed E-state index contributed by atoms with van der Waals surface area (Å²) in [4.78, 5) is 25.1. The lowest BCUT2D eigenvalue weighted by atomic mass is 9.85. The maximum absolute atomic E-state index is 12.8. The minimum Gasteiger partial charge on any atom is -0.464 e. The molecule has 0 fully saturated rings. The van der Waals surface area contributed by atoms with Gasteiger partial charge >= 0.3 is 5.97 Å². The Morgan fingerprint density at radius 3 is 2.29 bits per heavy atom. The Bertz CT molecular complexity index is 757. The molecule has 24 heavy (non-hydrogen) atoms. The van der Waals surface area contributed by atoms with E-state index in [-0.39, 0.29) is 12.4 Å². The molecule has 3 rings (SSSR count). The number of ketones is 1. The Balaban J connectivity index is 1.96. The first-order valence-electron chi connectivity index (χ1n) is 7.86. The Kier molecular flexibility index (Phi) is 4.70. The number of hydrogen-bond acceptors (Lipinski definition) is 5. The van der Waals surface area contributed by atoms with Crippen molar-refractivity contribution < 1.29 is 14.3 Å². The van der Waals surface area contributed by atoms with Crippen molar-refractivity contribution in [3.8, 4) is 0 Å². The first-order chi connectivity index (χ1) is 11.7. The molecule has 122 valence electrons. The monoisotopic (exact) mass is 322 g/mol. The molecule has 2 aromatic carbocycles. The number of esters is 1. The summed E-state index contributed by atoms with van der Waals surface area (Å²) in [6.07, 6.45) is 0. The Hall–Kier alpha value is -2.95. The maximum Gasteiger partial charge on any atom is 0.331 e. The summed E-state index contributed by atoms with van der Waals surface area (Å²) >= 11 is 0. The van der Waals surface area contributed by atoms with Crippen molar-refractivity contribution in [3.05, 3.63) is 71.8 Å². The summed E-state index contributed by atoms with van der Waals surface area (Å²) in [7, 11) is 0. The number of Topliss-reactive ketones (excluding diaryl/α,β-unsaturated/α-hetero) is 1. The van der Waals surface area contributed by atoms with Gasteiger partial charge in [0.2, 0.25) is 5.78 Å². The van der Waals surface area contributed by atoms with Crippen LogP contribution in [0.15, 0.2) is 65.8 Å². The average Bonchev–Trinajstić information content (AvgIpc) is 3.08. The number of ether oxygens (including phenoxy) is 1. The summed E-state index contributed by atoms with van der Waals surface area (Å²) in [6.45, 7) is 2.03. The maximum atomic E-state index is 12.8. The first-order valence-corrected chi connectivity index (χ1v) is 7.86. The fourth-order valence-corrected chi connectivity index (χ4v) is 2.80. The van der Waals surface area contributed by atoms with Gasteiger partial charge in [0.15, 0.2) is 6.04 Å². The third kappa shape index (κ3) is 3.06. The quantitative estimate of drug-likeness (QED) is 0.678. The number of carbonyl (C=O) groups is 2. The van der Waals surface area contributed by atoms with Crippen LogP contribution < -0.4 is 5.43 Å². The second-order valence-corrected chi connectivity index (χ2v) is 5.44. The zero-order valence-corrected chi connectivity index (χ0v) is 13.3. The van der Waals surface area contributed by atoms with E-state index in [2.05, 4.69) is 10.5 Å². The van der Waals surface area contributed by atoms with Crippen LogP contribution in [0.4, 0.5) is 0 Å². The molecule has 5 heteroatoms. The van der Waals surface area contributed by atoms with E-state index >= 15 is 0 Å². The number of carbonyl (C=O) groups excluding carboxylic acids is 2. The van der Waals surface area contributed by atoms with Crippen LogP contribution in [-0.4, -0.2) is 30.1 Å². The second-order valence-electron chi connectivity index (χ2n) is 5.44. The summed E-state index contributed by atoms with van der Waals surface area (Å²) in [5.41, 5.74) is 4.50. The first kappa shape index (κ1) is 15.9. The zero-order chi connectivity index (χ0) is 16.9. The van der Waals surface area contributed by atoms with Gasteiger partial charge in [-0.05, 0) is 12.5 Å². The molecule has 2 atom stereocenters. The molecule has 1 heterocycles. The Labute approximate surface area is 140 Å². The Morgan fingerprint density at radius 2 is 1.67 bits per heavy atom. The van der Waals surface area contributed by atoms with Crippen LogP contribution in [0, 0.1) is 0 Å². The van der Waals surface area contributed by atoms with Gasteiger partial charge in [-0.25, -0.2) is 4.79 Å². The number of nitrogens with zero attached hydrogens (tertiary/aromatic N) is 1. The average molecular weight is 322 g/mol. The number of benzene rings is 2. The van der Waals surface area contributed by atoms with E-state index in [0.29, 0.717) is 11.3 Å². The van der Waals surface area contributed by atoms with Crippen molar-refractivity contribution in [1.82, 2.24) is 5.43 Å². The SMILES string of the molecule is CCOC(=O)[C@@H]1NN=C(C(=O)c2ccccc2)[C@@H]1c1ccccc1. The lowest BCUT2D eigenvalue weighted by Crippen LogP contribution is -2.38. The molecular formula is C19H18N2O3. The highest BCUT2D eigenvalue weighted by Crippen LogP contribution is 2.28. The third-order valence-electron chi connectivity index (χ3n) is 3.92. The largest absolute Gasteiger partial charge is 0.464 e. The second kappa shape index (κ2) is 7.08. The standard InChI is InChI=1S/C19H18N2O3/c1-2-24-19(23)17-15(13-9-5-3-6-10-13)16(20-21-17)18(22)14-11-7-4-8-12-14/h3-12,15,17,21H,2H2,1H3/t15-,17+/m0/s1. The van der Waals surface area contributed by atoms with Crippen molar-refractivity contribution in [2.24, 2.45) is 5.10 Å². The predicted octanol–water partition coefficient (Wildman–Crippen LogP) is 2.54. The number of hydrogen-bond donors (Lipinski definition) is 1. The van der Waals surface area contributed by atoms with Gasteiger partial charge in [-0.3, -0.25) is 10.2 Å². The van der Waals surface area contributed by atoms with Crippen LogP contribution in [0.5, 0.6) is 0 Å². The van der Waals surface area contributed by atoms with E-state index in [1.807, 2.05) is 36.4 Å². The molecule has 0 amide bonds. The number of nitrogens with one attached hydrogen (secondary N) is 1. The van der Waals surface area contributed by atoms with Crippen molar-refractivity contribution in [2.75, 3.05) is 6.61 Å². The fraction of sp³-hybridized carbons (Fsp3) is 0.211. The topological polar surface area (TPSA) is 67.8 Å². The van der Waals surface area contributed by atoms with E-state index in [0.717, 1.165) is 5.56 Å². The number of rotatable bonds is 5. The highest BCUT2D eigenvalue weighted by atomic mass is 16.5. The molecule has 0 aromatic heterocycles. The predicted molar refractivity (Wildman–Crippen MR) is 90.9 cm³/mol. The molecule has 0 radical (unpaired) electrons. The van der Waals surface area contributed by atoms with E-state index in [1.54, 1.807) is 31.2 Å². The van der Waals surface area contributed by atoms with Gasteiger partial charge < -0.3 is 4.74 Å². The summed E-state index contributed by atoms with van der Waals surface area (Å²) in [6, 6.07) is 17.6. The Morgan fingerprint density at radius 1 is 1.04 bits per heavy atom. The van der Waals surface area contributed by atoms with Crippen LogP contribution in [0.2, 0.25) is 0 Å². The molecule has 0 aliphatic carbocycles. The van der Waals surface area contributed by atoms with E-state index in [9.17, 15) is 9.59 Å². The highest BCUT2D eigenvalue weighted by molar-refractivity contribution is 6.48. The van der Waals surface area contributed by atoms with Crippen LogP contribution in [0.3, 0.4) is 0 Å². The van der Waals surface area contributed by atoms with E-state index < -0.39 is 17.9 Å². The van der Waals surface area contributed by atoms with E-state index in [4.69, 9.17) is 4.74 Å². The molecule has 2 aromatic rings. The molecule has 0 spiro atoms. The lowest BCUT2D eigenvalue weighted by molar-refractivity contribution is -0.145. The molecule has 0 unspecified atom stereocenters. The van der Waals surface area contributed by atoms with Crippen LogP contribution in [0.25, 0.3) is 0 Å². The van der Waals surface area contributed by atoms with Gasteiger partial charge in [0, 0.05) is 5.56 Å². The molecule has 0 saturated carbocycles. The zero-order valence-electron chi connectivity index (χ0n) is 13.3. The van der Waals surface area contributed by atoms with Gasteiger partial charge in [-0.2, -0.15) is 5.10 Å². The molecule has 5 nitrogen and oxygen atoms in total. The molecular weight excluding hydrogens is 304 g/mol. The minimum atomic E-state index is -0.699. The van der Waals surface area contributed by atoms with Gasteiger partial charge in [-0.1, -0.05) is 60.7 Å². The number of hydrazone groups is 1. The molecule has 1 aliphatic heterocycles. The smallest absolute Gasteiger partial charge is 0.331 e. The minimum absolute atomic E-state index is 0.191. The summed E-state index contributed by atoms with van der Waals surface area (Å²) in [5, 5.41) is 4.17. The van der Waals surface area contributed by atoms with Crippen molar-refractivity contribution in [1.29, 1.82) is 0 Å². The normalized spacial score (nSPS) is 19.3. The van der Waals surface area contributed by atoms with Gasteiger partial charge in [0.25, 0.3) is 0 Å². The van der Waals surface area contributed by atoms with Crippen LogP contribution in [0.1, 0.15) is 28.8 Å². The van der Waals surface area contributed by atoms with Crippen molar-refractivity contribution >= 4 is 17.5 Å². The van der Waals surface area contributed by atoms with Crippen molar-refractivity contribution in [3.63, 3.8) is 0 Å².